The van der Waals surface area contributed by atoms with Crippen LogP contribution in [0, 0.1) is 5.82 Å². The van der Waals surface area contributed by atoms with Gasteiger partial charge in [0.15, 0.2) is 11.5 Å². The lowest BCUT2D eigenvalue weighted by Gasteiger charge is -2.23. The number of nitrogens with zero attached hydrogens (tertiary/aromatic N) is 1. The Hall–Kier alpha value is -4.31. The van der Waals surface area contributed by atoms with Crippen LogP contribution in [0.3, 0.4) is 0 Å². The van der Waals surface area contributed by atoms with Gasteiger partial charge in [-0.3, -0.25) is 4.79 Å². The van der Waals surface area contributed by atoms with E-state index in [9.17, 15) is 17.6 Å². The van der Waals surface area contributed by atoms with E-state index in [1.807, 2.05) is 0 Å². The number of benzene rings is 3. The minimum absolute atomic E-state index is 0.0107. The lowest BCUT2D eigenvalue weighted by atomic mass is 10.1. The summed E-state index contributed by atoms with van der Waals surface area (Å²) in [6.45, 7) is 0.0728. The van der Waals surface area contributed by atoms with Gasteiger partial charge >= 0.3 is 10.1 Å². The van der Waals surface area contributed by atoms with Crippen molar-refractivity contribution in [2.24, 2.45) is 0 Å². The van der Waals surface area contributed by atoms with Crippen molar-refractivity contribution < 1.29 is 35.7 Å². The van der Waals surface area contributed by atoms with E-state index in [1.54, 1.807) is 24.3 Å². The molecule has 0 radical (unpaired) electrons. The van der Waals surface area contributed by atoms with E-state index >= 15 is 0 Å². The Labute approximate surface area is 213 Å². The first kappa shape index (κ1) is 25.8. The average Bonchev–Trinajstić information content (AvgIpc) is 3.41. The van der Waals surface area contributed by atoms with Crippen molar-refractivity contribution in [3.63, 3.8) is 0 Å². The molecule has 0 aliphatic carbocycles. The van der Waals surface area contributed by atoms with Crippen LogP contribution in [0.5, 0.6) is 17.2 Å². The smallest absolute Gasteiger partial charge is 0.339 e. The topological polar surface area (TPSA) is 95.3 Å². The van der Waals surface area contributed by atoms with E-state index in [4.69, 9.17) is 18.1 Å². The second kappa shape index (κ2) is 11.2. The molecule has 0 saturated carbocycles. The van der Waals surface area contributed by atoms with Gasteiger partial charge in [-0.1, -0.05) is 18.2 Å². The molecule has 4 aromatic rings. The predicted molar refractivity (Wildman–Crippen MR) is 132 cm³/mol. The van der Waals surface area contributed by atoms with E-state index in [0.29, 0.717) is 17.1 Å². The van der Waals surface area contributed by atoms with Crippen molar-refractivity contribution in [2.45, 2.75) is 18.0 Å². The first-order valence-corrected chi connectivity index (χ1v) is 12.5. The molecular formula is C27H24FNO7S. The number of halogens is 1. The van der Waals surface area contributed by atoms with Crippen LogP contribution in [0.15, 0.2) is 94.4 Å². The number of carbonyl (C=O) groups is 1. The fourth-order valence-electron chi connectivity index (χ4n) is 3.61. The van der Waals surface area contributed by atoms with Gasteiger partial charge < -0.3 is 23.0 Å². The quantitative estimate of drug-likeness (QED) is 0.268. The third-order valence-electron chi connectivity index (χ3n) is 5.47. The summed E-state index contributed by atoms with van der Waals surface area (Å²) in [5.41, 5.74) is 0.429. The van der Waals surface area contributed by atoms with Crippen molar-refractivity contribution in [1.82, 2.24) is 4.90 Å². The monoisotopic (exact) mass is 525 g/mol. The zero-order valence-corrected chi connectivity index (χ0v) is 20.9. The molecule has 1 amide bonds. The fraction of sp³-hybridized carbons (Fsp3) is 0.148. The van der Waals surface area contributed by atoms with Crippen LogP contribution in [-0.4, -0.2) is 33.4 Å². The van der Waals surface area contributed by atoms with Gasteiger partial charge in [-0.05, 0) is 66.2 Å². The average molecular weight is 526 g/mol. The molecule has 0 aliphatic heterocycles. The van der Waals surface area contributed by atoms with Crippen molar-refractivity contribution in [1.29, 1.82) is 0 Å². The SMILES string of the molecule is COc1ccc(S(=O)(=O)Oc2cc(CN(Cc3ccco3)C(=O)c3ccccc3F)ccc2OC)cc1. The minimum atomic E-state index is -4.20. The molecule has 0 aliphatic rings. The molecule has 0 N–H and O–H groups in total. The Bertz CT molecular complexity index is 1470. The number of hydrogen-bond acceptors (Lipinski definition) is 7. The van der Waals surface area contributed by atoms with Crippen LogP contribution in [-0.2, 0) is 23.2 Å². The summed E-state index contributed by atoms with van der Waals surface area (Å²) in [7, 11) is -1.35. The highest BCUT2D eigenvalue weighted by atomic mass is 32.2. The van der Waals surface area contributed by atoms with E-state index in [1.165, 1.54) is 80.0 Å². The van der Waals surface area contributed by atoms with Crippen LogP contribution in [0.2, 0.25) is 0 Å². The Balaban J connectivity index is 1.64. The Morgan fingerprint density at radius 3 is 2.30 bits per heavy atom. The number of ether oxygens (including phenoxy) is 2. The molecule has 3 aromatic carbocycles. The highest BCUT2D eigenvalue weighted by Crippen LogP contribution is 2.32. The van der Waals surface area contributed by atoms with E-state index in [0.717, 1.165) is 0 Å². The summed E-state index contributed by atoms with van der Waals surface area (Å²) >= 11 is 0. The molecule has 10 heteroatoms. The number of carbonyl (C=O) groups excluding carboxylic acids is 1. The molecule has 8 nitrogen and oxygen atoms in total. The minimum Gasteiger partial charge on any atom is -0.497 e. The molecule has 0 spiro atoms. The molecule has 0 fully saturated rings. The molecule has 37 heavy (non-hydrogen) atoms. The van der Waals surface area contributed by atoms with Gasteiger partial charge in [0.1, 0.15) is 22.2 Å². The molecule has 0 bridgehead atoms. The zero-order valence-electron chi connectivity index (χ0n) is 20.1. The molecule has 4 rings (SSSR count). The van der Waals surface area contributed by atoms with Crippen LogP contribution in [0.4, 0.5) is 4.39 Å². The van der Waals surface area contributed by atoms with Gasteiger partial charge in [0.25, 0.3) is 5.91 Å². The van der Waals surface area contributed by atoms with Crippen molar-refractivity contribution in [3.05, 3.63) is 108 Å². The summed E-state index contributed by atoms with van der Waals surface area (Å²) in [6.07, 6.45) is 1.48. The van der Waals surface area contributed by atoms with Gasteiger partial charge in [0.05, 0.1) is 32.6 Å². The number of hydrogen-bond donors (Lipinski definition) is 0. The van der Waals surface area contributed by atoms with Crippen LogP contribution in [0.1, 0.15) is 21.7 Å². The number of methoxy groups -OCH3 is 2. The maximum Gasteiger partial charge on any atom is 0.339 e. The van der Waals surface area contributed by atoms with Gasteiger partial charge in [0.2, 0.25) is 0 Å². The lowest BCUT2D eigenvalue weighted by Crippen LogP contribution is -2.30. The van der Waals surface area contributed by atoms with Crippen molar-refractivity contribution in [3.8, 4) is 17.2 Å². The summed E-state index contributed by atoms with van der Waals surface area (Å²) in [5.74, 6) is -0.0997. The fourth-order valence-corrected chi connectivity index (χ4v) is 4.54. The summed E-state index contributed by atoms with van der Waals surface area (Å²) in [5, 5.41) is 0. The van der Waals surface area contributed by atoms with Crippen LogP contribution >= 0.6 is 0 Å². The number of amides is 1. The molecule has 0 saturated heterocycles. The van der Waals surface area contributed by atoms with Gasteiger partial charge in [0, 0.05) is 6.54 Å². The second-order valence-electron chi connectivity index (χ2n) is 7.92. The van der Waals surface area contributed by atoms with Crippen LogP contribution < -0.4 is 13.7 Å². The van der Waals surface area contributed by atoms with Gasteiger partial charge in [-0.15, -0.1) is 0 Å². The molecule has 1 heterocycles. The Morgan fingerprint density at radius 2 is 1.65 bits per heavy atom. The number of furan rings is 1. The molecular weight excluding hydrogens is 501 g/mol. The highest BCUT2D eigenvalue weighted by Gasteiger charge is 2.23. The Morgan fingerprint density at radius 1 is 0.892 bits per heavy atom. The standard InChI is InChI=1S/C27H24FNO7S/c1-33-20-10-12-22(13-11-20)37(31,32)36-26-16-19(9-14-25(26)34-2)17-29(18-21-6-5-15-35-21)27(30)23-7-3-4-8-24(23)28/h3-16H,17-18H2,1-2H3. The molecule has 192 valence electrons. The normalized spacial score (nSPS) is 11.1. The molecule has 0 unspecified atom stereocenters. The molecule has 0 atom stereocenters. The summed E-state index contributed by atoms with van der Waals surface area (Å²) in [6, 6.07) is 19.5. The zero-order chi connectivity index (χ0) is 26.4. The summed E-state index contributed by atoms with van der Waals surface area (Å²) in [4.78, 5) is 14.6. The maximum atomic E-state index is 14.4. The second-order valence-corrected chi connectivity index (χ2v) is 9.46. The summed E-state index contributed by atoms with van der Waals surface area (Å²) < 4.78 is 61.4. The number of rotatable bonds is 10. The largest absolute Gasteiger partial charge is 0.497 e. The predicted octanol–water partition coefficient (Wildman–Crippen LogP) is 5.05. The lowest BCUT2D eigenvalue weighted by molar-refractivity contribution is 0.0712. The third-order valence-corrected chi connectivity index (χ3v) is 6.72. The van der Waals surface area contributed by atoms with Gasteiger partial charge in [-0.25, -0.2) is 4.39 Å². The first-order chi connectivity index (χ1) is 17.8. The van der Waals surface area contributed by atoms with Gasteiger partial charge in [-0.2, -0.15) is 8.42 Å². The van der Waals surface area contributed by atoms with E-state index < -0.39 is 21.8 Å². The molecule has 1 aromatic heterocycles. The van der Waals surface area contributed by atoms with Crippen molar-refractivity contribution >= 4 is 16.0 Å². The maximum absolute atomic E-state index is 14.4. The van der Waals surface area contributed by atoms with Crippen LogP contribution in [0.25, 0.3) is 0 Å². The van der Waals surface area contributed by atoms with E-state index in [-0.39, 0.29) is 35.0 Å². The highest BCUT2D eigenvalue weighted by molar-refractivity contribution is 7.87. The third kappa shape index (κ3) is 6.10. The van der Waals surface area contributed by atoms with E-state index in [2.05, 4.69) is 0 Å². The Kier molecular flexibility index (Phi) is 7.78. The first-order valence-electron chi connectivity index (χ1n) is 11.1. The van der Waals surface area contributed by atoms with Crippen molar-refractivity contribution in [2.75, 3.05) is 14.2 Å².